The van der Waals surface area contributed by atoms with Crippen molar-refractivity contribution in [3.63, 3.8) is 0 Å². The number of halogens is 1. The highest BCUT2D eigenvalue weighted by molar-refractivity contribution is 6.30. The second-order valence-corrected chi connectivity index (χ2v) is 7.87. The van der Waals surface area contributed by atoms with Crippen molar-refractivity contribution < 1.29 is 14.4 Å². The van der Waals surface area contributed by atoms with Gasteiger partial charge in [-0.3, -0.25) is 0 Å². The Balaban J connectivity index is 1.83. The molecule has 5 heteroatoms. The van der Waals surface area contributed by atoms with E-state index in [0.29, 0.717) is 10.8 Å². The van der Waals surface area contributed by atoms with E-state index in [9.17, 15) is 5.02 Å². The Morgan fingerprint density at radius 1 is 0.767 bits per heavy atom. The lowest BCUT2D eigenvalue weighted by molar-refractivity contribution is 0.435. The van der Waals surface area contributed by atoms with Gasteiger partial charge in [0, 0.05) is 21.7 Å². The Morgan fingerprint density at radius 3 is 2.37 bits per heavy atom. The Labute approximate surface area is 179 Å². The fourth-order valence-corrected chi connectivity index (χ4v) is 5.22. The van der Waals surface area contributed by atoms with Gasteiger partial charge in [0.25, 0.3) is 0 Å². The molecule has 0 saturated heterocycles. The molecule has 6 rings (SSSR count). The van der Waals surface area contributed by atoms with Gasteiger partial charge in [0.2, 0.25) is 0 Å². The molecule has 1 aliphatic carbocycles. The van der Waals surface area contributed by atoms with Crippen molar-refractivity contribution in [1.29, 1.82) is 0 Å². The molecule has 30 heavy (non-hydrogen) atoms. The summed E-state index contributed by atoms with van der Waals surface area (Å²) in [5, 5.41) is 10.0. The highest BCUT2D eigenvalue weighted by Gasteiger charge is 2.51. The van der Waals surface area contributed by atoms with Gasteiger partial charge in [0.1, 0.15) is 17.2 Å². The van der Waals surface area contributed by atoms with Crippen molar-refractivity contribution in [2.75, 3.05) is 0 Å². The average Bonchev–Trinajstić information content (AvgIpc) is 3.07. The van der Waals surface area contributed by atoms with E-state index < -0.39 is 5.41 Å². The minimum Gasteiger partial charge on any atom is -0.537 e. The third-order valence-corrected chi connectivity index (χ3v) is 6.30. The second-order valence-electron chi connectivity index (χ2n) is 7.44. The molecule has 1 spiro atoms. The van der Waals surface area contributed by atoms with Gasteiger partial charge in [-0.05, 0) is 47.0 Å². The zero-order chi connectivity index (χ0) is 20.3. The zero-order valence-electron chi connectivity index (χ0n) is 15.8. The van der Waals surface area contributed by atoms with E-state index >= 15 is 0 Å². The molecule has 0 aromatic heterocycles. The van der Waals surface area contributed by atoms with Crippen LogP contribution in [0.25, 0.3) is 11.1 Å². The number of rotatable bonds is 2. The van der Waals surface area contributed by atoms with Crippen LogP contribution in [0.3, 0.4) is 0 Å². The van der Waals surface area contributed by atoms with E-state index in [1.807, 2.05) is 60.7 Å². The monoisotopic (exact) mass is 409 g/mol. The third kappa shape index (κ3) is 2.15. The summed E-state index contributed by atoms with van der Waals surface area (Å²) in [5.74, 6) is 2.20. The second kappa shape index (κ2) is 6.40. The summed E-state index contributed by atoms with van der Waals surface area (Å²) in [6.07, 6.45) is 0. The van der Waals surface area contributed by atoms with E-state index in [0.717, 1.165) is 52.6 Å². The van der Waals surface area contributed by atoms with Gasteiger partial charge in [-0.1, -0.05) is 66.2 Å². The number of fused-ring (bicyclic) bond motifs is 9. The molecule has 0 saturated carbocycles. The van der Waals surface area contributed by atoms with Crippen molar-refractivity contribution in [2.45, 2.75) is 5.41 Å². The van der Waals surface area contributed by atoms with Gasteiger partial charge < -0.3 is 14.4 Å². The molecular formula is C25H15BClO3. The minimum atomic E-state index is -0.601. The number of benzene rings is 4. The Bertz CT molecular complexity index is 1320. The van der Waals surface area contributed by atoms with Crippen LogP contribution in [0.15, 0.2) is 84.9 Å². The highest BCUT2D eigenvalue weighted by Crippen LogP contribution is 2.63. The molecule has 0 amide bonds. The molecule has 1 N–H and O–H groups in total. The molecule has 1 unspecified atom stereocenters. The maximum Gasteiger partial charge on any atom is 0.569 e. The maximum absolute atomic E-state index is 9.37. The summed E-state index contributed by atoms with van der Waals surface area (Å²) in [6, 6.07) is 28.1. The van der Waals surface area contributed by atoms with Crippen LogP contribution in [-0.2, 0) is 5.41 Å². The fraction of sp³-hybridized carbons (Fsp3) is 0.0400. The summed E-state index contributed by atoms with van der Waals surface area (Å²) < 4.78 is 11.8. The first-order chi connectivity index (χ1) is 14.7. The van der Waals surface area contributed by atoms with Gasteiger partial charge in [-0.15, -0.1) is 0 Å². The molecule has 3 nitrogen and oxygen atoms in total. The first-order valence-corrected chi connectivity index (χ1v) is 10.1. The largest absolute Gasteiger partial charge is 0.569 e. The van der Waals surface area contributed by atoms with Gasteiger partial charge in [-0.25, -0.2) is 0 Å². The van der Waals surface area contributed by atoms with Crippen molar-refractivity contribution in [3.05, 3.63) is 112 Å². The van der Waals surface area contributed by atoms with Crippen LogP contribution in [-0.4, -0.2) is 12.7 Å². The van der Waals surface area contributed by atoms with Crippen LogP contribution in [0.5, 0.6) is 17.2 Å². The number of hydrogen-bond donors (Lipinski definition) is 1. The van der Waals surface area contributed by atoms with Crippen LogP contribution < -0.4 is 9.39 Å². The Morgan fingerprint density at radius 2 is 1.50 bits per heavy atom. The predicted octanol–water partition coefficient (Wildman–Crippen LogP) is 5.71. The molecule has 4 aromatic carbocycles. The van der Waals surface area contributed by atoms with Gasteiger partial charge in [-0.2, -0.15) is 0 Å². The van der Waals surface area contributed by atoms with E-state index in [1.165, 1.54) is 0 Å². The van der Waals surface area contributed by atoms with Crippen LogP contribution >= 0.6 is 11.6 Å². The van der Waals surface area contributed by atoms with E-state index in [2.05, 4.69) is 24.3 Å². The fourth-order valence-electron chi connectivity index (χ4n) is 5.04. The number of ether oxygens (including phenoxy) is 1. The molecule has 0 fully saturated rings. The van der Waals surface area contributed by atoms with Crippen LogP contribution in [0, 0.1) is 0 Å². The van der Waals surface area contributed by atoms with E-state index in [-0.39, 0.29) is 0 Å². The standard InChI is InChI=1S/C25H15BClO3/c27-15-12-13-22-20(14-15)25(18-8-3-4-10-21(18)29-22)17-7-2-1-6-16(17)24-19(25)9-5-11-23(24)30-26-28/h1-14,28H. The van der Waals surface area contributed by atoms with Gasteiger partial charge in [0.05, 0.1) is 5.41 Å². The van der Waals surface area contributed by atoms with Gasteiger partial charge >= 0.3 is 7.69 Å². The lowest BCUT2D eigenvalue weighted by atomic mass is 9.66. The summed E-state index contributed by atoms with van der Waals surface area (Å²) in [6.45, 7) is 0. The number of hydrogen-bond acceptors (Lipinski definition) is 3. The highest BCUT2D eigenvalue weighted by atomic mass is 35.5. The van der Waals surface area contributed by atoms with Crippen LogP contribution in [0.4, 0.5) is 0 Å². The third-order valence-electron chi connectivity index (χ3n) is 6.07. The minimum absolute atomic E-state index is 0.601. The van der Waals surface area contributed by atoms with Crippen molar-refractivity contribution in [1.82, 2.24) is 0 Å². The first-order valence-electron chi connectivity index (χ1n) is 9.68. The predicted molar refractivity (Wildman–Crippen MR) is 117 cm³/mol. The molecular weight excluding hydrogens is 395 g/mol. The van der Waals surface area contributed by atoms with Crippen molar-refractivity contribution in [2.24, 2.45) is 0 Å². The normalized spacial score (nSPS) is 17.4. The molecule has 1 radical (unpaired) electrons. The lowest BCUT2D eigenvalue weighted by Crippen LogP contribution is -2.32. The molecule has 2 aliphatic rings. The van der Waals surface area contributed by atoms with Crippen LogP contribution in [0.1, 0.15) is 22.3 Å². The van der Waals surface area contributed by atoms with Crippen molar-refractivity contribution >= 4 is 19.3 Å². The average molecular weight is 410 g/mol. The number of para-hydroxylation sites is 1. The summed E-state index contributed by atoms with van der Waals surface area (Å²) in [5.41, 5.74) is 5.67. The van der Waals surface area contributed by atoms with E-state index in [1.54, 1.807) is 0 Å². The summed E-state index contributed by atoms with van der Waals surface area (Å²) >= 11 is 6.48. The zero-order valence-corrected chi connectivity index (χ0v) is 16.6. The topological polar surface area (TPSA) is 38.7 Å². The maximum atomic E-state index is 9.37. The summed E-state index contributed by atoms with van der Waals surface area (Å²) in [7, 11) is 0.728. The Hall–Kier alpha value is -3.21. The molecule has 1 heterocycles. The van der Waals surface area contributed by atoms with E-state index in [4.69, 9.17) is 21.0 Å². The molecule has 1 atom stereocenters. The van der Waals surface area contributed by atoms with Crippen LogP contribution in [0.2, 0.25) is 5.02 Å². The van der Waals surface area contributed by atoms with Crippen molar-refractivity contribution in [3.8, 4) is 28.4 Å². The molecule has 0 bridgehead atoms. The molecule has 143 valence electrons. The van der Waals surface area contributed by atoms with Gasteiger partial charge in [0.15, 0.2) is 0 Å². The summed E-state index contributed by atoms with van der Waals surface area (Å²) in [4.78, 5) is 0. The smallest absolute Gasteiger partial charge is 0.537 e. The quantitative estimate of drug-likeness (QED) is 0.372. The first kappa shape index (κ1) is 17.6. The lowest BCUT2D eigenvalue weighted by Gasteiger charge is -2.39. The Kier molecular flexibility index (Phi) is 3.76. The molecule has 1 aliphatic heterocycles. The molecule has 4 aromatic rings. The SMILES string of the molecule is O[B]Oc1cccc2c1-c1ccccc1C21c2ccccc2Oc2ccc(Cl)cc21.